The second kappa shape index (κ2) is 5.73. The molecule has 1 N–H and O–H groups in total. The van der Waals surface area contributed by atoms with Crippen LogP contribution in [0.4, 0.5) is 13.2 Å². The summed E-state index contributed by atoms with van der Waals surface area (Å²) in [4.78, 5) is 0. The number of alkyl halides is 3. The number of halogens is 3. The second-order valence-corrected chi connectivity index (χ2v) is 7.30. The minimum Gasteiger partial charge on any atom is -0.598 e. The quantitative estimate of drug-likeness (QED) is 0.860. The van der Waals surface area contributed by atoms with Gasteiger partial charge in [-0.15, -0.1) is 4.72 Å². The van der Waals surface area contributed by atoms with Crippen LogP contribution in [0.3, 0.4) is 0 Å². The Morgan fingerprint density at radius 3 is 2.16 bits per heavy atom. The fourth-order valence-corrected chi connectivity index (χ4v) is 2.34. The van der Waals surface area contributed by atoms with Crippen molar-refractivity contribution in [3.8, 4) is 0 Å². The van der Waals surface area contributed by atoms with E-state index in [0.29, 0.717) is 0 Å². The molecule has 0 amide bonds. The molecule has 2 nitrogen and oxygen atoms in total. The smallest absolute Gasteiger partial charge is 0.416 e. The zero-order chi connectivity index (χ0) is 14.8. The molecular formula is C13H18F3NOS. The second-order valence-electron chi connectivity index (χ2n) is 5.31. The van der Waals surface area contributed by atoms with E-state index in [1.54, 1.807) is 33.8 Å². The van der Waals surface area contributed by atoms with Crippen molar-refractivity contribution in [1.82, 2.24) is 4.72 Å². The van der Waals surface area contributed by atoms with Gasteiger partial charge < -0.3 is 4.55 Å². The van der Waals surface area contributed by atoms with Gasteiger partial charge in [0.15, 0.2) is 0 Å². The van der Waals surface area contributed by atoms with Crippen LogP contribution >= 0.6 is 0 Å². The lowest BCUT2D eigenvalue weighted by Crippen LogP contribution is -2.40. The van der Waals surface area contributed by atoms with Crippen molar-refractivity contribution in [2.75, 3.05) is 0 Å². The van der Waals surface area contributed by atoms with E-state index in [4.69, 9.17) is 0 Å². The van der Waals surface area contributed by atoms with Crippen molar-refractivity contribution >= 4 is 11.4 Å². The molecule has 0 fully saturated rings. The van der Waals surface area contributed by atoms with Crippen LogP contribution in [0.15, 0.2) is 24.3 Å². The molecule has 0 aliphatic rings. The first kappa shape index (κ1) is 16.3. The fourth-order valence-electron chi connectivity index (χ4n) is 1.53. The lowest BCUT2D eigenvalue weighted by atomic mass is 10.0. The van der Waals surface area contributed by atoms with Crippen LogP contribution < -0.4 is 4.72 Å². The monoisotopic (exact) mass is 293 g/mol. The third-order valence-corrected chi connectivity index (χ3v) is 4.25. The van der Waals surface area contributed by atoms with Gasteiger partial charge in [0.25, 0.3) is 0 Å². The Kier molecular flexibility index (Phi) is 4.92. The Morgan fingerprint density at radius 2 is 1.68 bits per heavy atom. The average molecular weight is 293 g/mol. The summed E-state index contributed by atoms with van der Waals surface area (Å²) in [5, 5.41) is 0. The molecule has 0 saturated carbocycles. The fraction of sp³-hybridized carbons (Fsp3) is 0.538. The number of hydrogen-bond acceptors (Lipinski definition) is 2. The molecule has 6 heteroatoms. The van der Waals surface area contributed by atoms with Crippen molar-refractivity contribution in [3.63, 3.8) is 0 Å². The molecule has 2 atom stereocenters. The molecule has 1 rings (SSSR count). The highest BCUT2D eigenvalue weighted by Crippen LogP contribution is 2.34. The number of nitrogens with one attached hydrogen (secondary N) is 1. The molecule has 0 saturated heterocycles. The van der Waals surface area contributed by atoms with Gasteiger partial charge >= 0.3 is 6.18 Å². The van der Waals surface area contributed by atoms with E-state index in [0.717, 1.165) is 6.07 Å². The first-order valence-corrected chi connectivity index (χ1v) is 7.02. The predicted octanol–water partition coefficient (Wildman–Crippen LogP) is 3.82. The Labute approximate surface area is 114 Å². The maximum Gasteiger partial charge on any atom is 0.416 e. The Hall–Kier alpha value is -0.720. The van der Waals surface area contributed by atoms with E-state index >= 15 is 0 Å². The Balaban J connectivity index is 2.98. The van der Waals surface area contributed by atoms with E-state index in [2.05, 4.69) is 4.72 Å². The highest BCUT2D eigenvalue weighted by molar-refractivity contribution is 7.90. The molecule has 108 valence electrons. The summed E-state index contributed by atoms with van der Waals surface area (Å²) < 4.78 is 52.8. The summed E-state index contributed by atoms with van der Waals surface area (Å²) in [5.74, 6) is 0. The predicted molar refractivity (Wildman–Crippen MR) is 70.9 cm³/mol. The molecule has 0 aliphatic heterocycles. The maximum absolute atomic E-state index is 12.9. The van der Waals surface area contributed by atoms with Crippen molar-refractivity contribution in [3.05, 3.63) is 35.4 Å². The van der Waals surface area contributed by atoms with E-state index in [-0.39, 0.29) is 5.56 Å². The molecule has 19 heavy (non-hydrogen) atoms. The molecule has 1 aromatic rings. The average Bonchev–Trinajstić information content (AvgIpc) is 2.26. The molecule has 0 aliphatic carbocycles. The van der Waals surface area contributed by atoms with E-state index in [1.807, 2.05) is 0 Å². The zero-order valence-electron chi connectivity index (χ0n) is 11.3. The molecule has 0 bridgehead atoms. The first-order chi connectivity index (χ1) is 8.53. The number of benzene rings is 1. The minimum atomic E-state index is -4.41. The SMILES string of the molecule is C[C@H](N[S@+]([O-])C(C)(C)C)c1ccccc1C(F)(F)F. The summed E-state index contributed by atoms with van der Waals surface area (Å²) >= 11 is -1.42. The van der Waals surface area contributed by atoms with Crippen molar-refractivity contribution < 1.29 is 17.7 Å². The summed E-state index contributed by atoms with van der Waals surface area (Å²) in [6.45, 7) is 6.86. The zero-order valence-corrected chi connectivity index (χ0v) is 12.2. The van der Waals surface area contributed by atoms with E-state index in [1.165, 1.54) is 12.1 Å². The topological polar surface area (TPSA) is 35.1 Å². The van der Waals surface area contributed by atoms with Crippen molar-refractivity contribution in [2.24, 2.45) is 0 Å². The maximum atomic E-state index is 12.9. The highest BCUT2D eigenvalue weighted by atomic mass is 32.2. The molecule has 0 radical (unpaired) electrons. The van der Waals surface area contributed by atoms with Gasteiger partial charge in [-0.1, -0.05) is 18.2 Å². The van der Waals surface area contributed by atoms with E-state index in [9.17, 15) is 17.7 Å². The van der Waals surface area contributed by atoms with Gasteiger partial charge in [-0.25, -0.2) is 0 Å². The van der Waals surface area contributed by atoms with Crippen molar-refractivity contribution in [2.45, 2.75) is 44.7 Å². The standard InChI is InChI=1S/C13H18F3NOS/c1-9(17-19(18)12(2,3)4)10-7-5-6-8-11(10)13(14,15)16/h5-9,17H,1-4H3/t9-,19+/m0/s1. The van der Waals surface area contributed by atoms with Crippen LogP contribution in [0, 0.1) is 0 Å². The van der Waals surface area contributed by atoms with Gasteiger partial charge in [-0.05, 0) is 39.3 Å². The summed E-state index contributed by atoms with van der Waals surface area (Å²) in [7, 11) is 0. The Morgan fingerprint density at radius 1 is 1.16 bits per heavy atom. The molecule has 0 spiro atoms. The lowest BCUT2D eigenvalue weighted by Gasteiger charge is -2.27. The largest absolute Gasteiger partial charge is 0.598 e. The van der Waals surface area contributed by atoms with Crippen molar-refractivity contribution in [1.29, 1.82) is 0 Å². The normalized spacial score (nSPS) is 16.2. The van der Waals surface area contributed by atoms with Gasteiger partial charge in [-0.3, -0.25) is 0 Å². The van der Waals surface area contributed by atoms with Crippen LogP contribution in [0.25, 0.3) is 0 Å². The highest BCUT2D eigenvalue weighted by Gasteiger charge is 2.36. The Bertz CT molecular complexity index is 429. The molecule has 0 heterocycles. The van der Waals surface area contributed by atoms with Gasteiger partial charge in [0.05, 0.1) is 11.6 Å². The molecule has 0 unspecified atom stereocenters. The van der Waals surface area contributed by atoms with Crippen LogP contribution in [-0.2, 0) is 17.5 Å². The molecule has 1 aromatic carbocycles. The van der Waals surface area contributed by atoms with Crippen LogP contribution in [0.2, 0.25) is 0 Å². The third-order valence-electron chi connectivity index (χ3n) is 2.57. The first-order valence-electron chi connectivity index (χ1n) is 5.87. The summed E-state index contributed by atoms with van der Waals surface area (Å²) in [6.07, 6.45) is -4.41. The summed E-state index contributed by atoms with van der Waals surface area (Å²) in [5.41, 5.74) is -0.589. The third kappa shape index (κ3) is 4.40. The van der Waals surface area contributed by atoms with Gasteiger partial charge in [0.1, 0.15) is 4.75 Å². The van der Waals surface area contributed by atoms with Gasteiger partial charge in [0, 0.05) is 11.4 Å². The summed E-state index contributed by atoms with van der Waals surface area (Å²) in [6, 6.07) is 4.69. The van der Waals surface area contributed by atoms with Crippen LogP contribution in [-0.4, -0.2) is 9.30 Å². The van der Waals surface area contributed by atoms with Gasteiger partial charge in [-0.2, -0.15) is 13.2 Å². The number of rotatable bonds is 3. The number of hydrogen-bond donors (Lipinski definition) is 1. The molecule has 0 aromatic heterocycles. The minimum absolute atomic E-state index is 0.104. The lowest BCUT2D eigenvalue weighted by molar-refractivity contribution is -0.138. The van der Waals surface area contributed by atoms with Gasteiger partial charge in [0.2, 0.25) is 0 Å². The van der Waals surface area contributed by atoms with Crippen LogP contribution in [0.5, 0.6) is 0 Å². The van der Waals surface area contributed by atoms with Crippen LogP contribution in [0.1, 0.15) is 44.9 Å². The molecular weight excluding hydrogens is 275 g/mol. The van der Waals surface area contributed by atoms with E-state index < -0.39 is 33.9 Å².